The van der Waals surface area contributed by atoms with Crippen LogP contribution in [0.3, 0.4) is 0 Å². The summed E-state index contributed by atoms with van der Waals surface area (Å²) in [6.45, 7) is 11.4. The van der Waals surface area contributed by atoms with E-state index in [1.54, 1.807) is 24.8 Å². The van der Waals surface area contributed by atoms with Crippen LogP contribution in [0.2, 0.25) is 0 Å². The zero-order valence-electron chi connectivity index (χ0n) is 65.2. The third-order valence-corrected chi connectivity index (χ3v) is 19.6. The second-order valence-electron chi connectivity index (χ2n) is 28.3. The van der Waals surface area contributed by atoms with Gasteiger partial charge in [-0.3, -0.25) is 19.9 Å². The van der Waals surface area contributed by atoms with Crippen LogP contribution in [0, 0.1) is 23.7 Å². The van der Waals surface area contributed by atoms with Crippen molar-refractivity contribution in [3.05, 3.63) is 263 Å². The minimum atomic E-state index is 0.590. The van der Waals surface area contributed by atoms with E-state index in [0.29, 0.717) is 26.4 Å². The first-order valence-electron chi connectivity index (χ1n) is 40.7. The second-order valence-corrected chi connectivity index (χ2v) is 28.3. The lowest BCUT2D eigenvalue weighted by Crippen LogP contribution is -2.03. The zero-order chi connectivity index (χ0) is 75.8. The molecule has 10 nitrogen and oxygen atoms in total. The first-order valence-corrected chi connectivity index (χ1v) is 40.7. The van der Waals surface area contributed by atoms with Gasteiger partial charge in [0, 0.05) is 59.2 Å². The molecule has 0 spiro atoms. The van der Waals surface area contributed by atoms with Crippen LogP contribution in [0.4, 0.5) is 0 Å². The topological polar surface area (TPSA) is 114 Å². The molecule has 0 aliphatic rings. The van der Waals surface area contributed by atoms with Crippen LogP contribution >= 0.6 is 0 Å². The third kappa shape index (κ3) is 25.2. The van der Waals surface area contributed by atoms with Gasteiger partial charge in [-0.05, 0) is 168 Å². The maximum absolute atomic E-state index is 6.85. The van der Waals surface area contributed by atoms with Crippen LogP contribution in [-0.2, 0) is 0 Å². The number of aromatic nitrogens is 6. The summed E-state index contributed by atoms with van der Waals surface area (Å²) in [4.78, 5) is 28.6. The molecule has 10 heteroatoms. The van der Waals surface area contributed by atoms with Gasteiger partial charge in [0.05, 0.1) is 83.1 Å². The molecule has 11 aromatic rings. The predicted octanol–water partition coefficient (Wildman–Crippen LogP) is 26.2. The van der Waals surface area contributed by atoms with Gasteiger partial charge in [0.2, 0.25) is 0 Å². The van der Waals surface area contributed by atoms with Crippen molar-refractivity contribution in [3.8, 4) is 114 Å². The fraction of sp³-hybridized carbons (Fsp3) is 0.320. The third-order valence-electron chi connectivity index (χ3n) is 19.6. The Morgan fingerprint density at radius 1 is 0.245 bits per heavy atom. The van der Waals surface area contributed by atoms with Crippen LogP contribution in [0.5, 0.6) is 23.0 Å². The molecule has 562 valence electrons. The van der Waals surface area contributed by atoms with Crippen LogP contribution in [-0.4, -0.2) is 56.3 Å². The van der Waals surface area contributed by atoms with E-state index in [9.17, 15) is 0 Å². The van der Waals surface area contributed by atoms with Crippen LogP contribution in [0.15, 0.2) is 219 Å². The summed E-state index contributed by atoms with van der Waals surface area (Å²) in [5, 5.41) is 0. The monoisotopic (exact) mass is 1460 g/mol. The number of pyridine rings is 6. The normalized spacial score (nSPS) is 11.2. The molecule has 0 saturated carbocycles. The van der Waals surface area contributed by atoms with Crippen molar-refractivity contribution in [2.45, 2.75) is 182 Å². The highest BCUT2D eigenvalue weighted by Gasteiger charge is 2.17. The van der Waals surface area contributed by atoms with E-state index in [1.807, 2.05) is 72.8 Å². The van der Waals surface area contributed by atoms with Gasteiger partial charge in [0.1, 0.15) is 23.0 Å². The molecular weight excluding hydrogens is 1350 g/mol. The molecule has 11 rings (SSSR count). The first-order chi connectivity index (χ1) is 54.4. The van der Waals surface area contributed by atoms with E-state index in [4.69, 9.17) is 28.9 Å². The van der Waals surface area contributed by atoms with Crippen LogP contribution in [0.25, 0.3) is 92.1 Å². The number of rotatable bonds is 42. The fourth-order valence-corrected chi connectivity index (χ4v) is 13.3. The molecule has 0 aliphatic carbocycles. The summed E-state index contributed by atoms with van der Waals surface area (Å²) in [7, 11) is 0. The average Bonchev–Trinajstić information content (AvgIpc) is 0.819. The molecule has 0 amide bonds. The fourth-order valence-electron chi connectivity index (χ4n) is 13.3. The van der Waals surface area contributed by atoms with Crippen LogP contribution < -0.4 is 18.9 Å². The summed E-state index contributed by atoms with van der Waals surface area (Å²) in [6, 6.07) is 65.8. The number of hydrogen-bond acceptors (Lipinski definition) is 10. The Morgan fingerprint density at radius 3 is 0.827 bits per heavy atom. The smallest absolute Gasteiger partial charge is 0.135 e. The lowest BCUT2D eigenvalue weighted by Gasteiger charge is -2.15. The summed E-state index contributed by atoms with van der Waals surface area (Å²) in [5.74, 6) is 17.2. The molecule has 6 aromatic heterocycles. The van der Waals surface area contributed by atoms with Crippen LogP contribution in [0.1, 0.15) is 226 Å². The Bertz CT molecular complexity index is 4370. The molecule has 0 fully saturated rings. The van der Waals surface area contributed by atoms with Crippen molar-refractivity contribution in [3.63, 3.8) is 0 Å². The lowest BCUT2D eigenvalue weighted by molar-refractivity contribution is 0.295. The summed E-state index contributed by atoms with van der Waals surface area (Å²) in [6.07, 6.45) is 43.8. The average molecular weight is 1460 g/mol. The Kier molecular flexibility index (Phi) is 32.6. The van der Waals surface area contributed by atoms with Gasteiger partial charge in [-0.25, -0.2) is 9.97 Å². The van der Waals surface area contributed by atoms with E-state index in [-0.39, 0.29) is 0 Å². The Labute approximate surface area is 655 Å². The van der Waals surface area contributed by atoms with Crippen molar-refractivity contribution in [1.29, 1.82) is 0 Å². The predicted molar refractivity (Wildman–Crippen MR) is 457 cm³/mol. The van der Waals surface area contributed by atoms with E-state index in [2.05, 4.69) is 217 Å². The van der Waals surface area contributed by atoms with Gasteiger partial charge >= 0.3 is 0 Å². The van der Waals surface area contributed by atoms with Crippen molar-refractivity contribution < 1.29 is 18.9 Å². The summed E-state index contributed by atoms with van der Waals surface area (Å²) in [5.41, 5.74) is 17.7. The second kappa shape index (κ2) is 44.9. The number of nitrogens with zero attached hydrogens (tertiary/aromatic N) is 6. The maximum atomic E-state index is 6.85. The molecule has 0 unspecified atom stereocenters. The van der Waals surface area contributed by atoms with Gasteiger partial charge in [-0.2, -0.15) is 0 Å². The Morgan fingerprint density at radius 2 is 0.527 bits per heavy atom. The van der Waals surface area contributed by atoms with Crippen molar-refractivity contribution in [1.82, 2.24) is 29.9 Å². The highest BCUT2D eigenvalue weighted by molar-refractivity contribution is 5.83. The Hall–Kier alpha value is -11.2. The van der Waals surface area contributed by atoms with E-state index in [1.165, 1.54) is 103 Å². The summed E-state index contributed by atoms with van der Waals surface area (Å²) < 4.78 is 27.3. The minimum Gasteiger partial charge on any atom is -0.493 e. The largest absolute Gasteiger partial charge is 0.493 e. The molecule has 0 saturated heterocycles. The number of unbranched alkanes of at least 4 members (excludes halogenated alkanes) is 20. The van der Waals surface area contributed by atoms with E-state index >= 15 is 0 Å². The van der Waals surface area contributed by atoms with Gasteiger partial charge in [0.25, 0.3) is 0 Å². The zero-order valence-corrected chi connectivity index (χ0v) is 65.2. The number of ether oxygens (including phenoxy) is 4. The minimum absolute atomic E-state index is 0.590. The molecule has 110 heavy (non-hydrogen) atoms. The quantitative estimate of drug-likeness (QED) is 0.0208. The molecule has 5 aromatic carbocycles. The number of benzene rings is 5. The highest BCUT2D eigenvalue weighted by atomic mass is 16.5. The number of hydrogen-bond donors (Lipinski definition) is 0. The highest BCUT2D eigenvalue weighted by Crippen LogP contribution is 2.36. The molecular formula is C100H108N6O4. The first kappa shape index (κ1) is 79.8. The van der Waals surface area contributed by atoms with Crippen molar-refractivity contribution in [2.24, 2.45) is 0 Å². The summed E-state index contributed by atoms with van der Waals surface area (Å²) >= 11 is 0. The molecule has 0 atom stereocenters. The van der Waals surface area contributed by atoms with E-state index < -0.39 is 0 Å². The molecule has 0 aliphatic heterocycles. The molecule has 0 radical (unpaired) electrons. The van der Waals surface area contributed by atoms with Gasteiger partial charge < -0.3 is 18.9 Å². The molecule has 6 heterocycles. The Balaban J connectivity index is 0.909. The standard InChI is InChI=1S/C100H108N6O4/c1-5-9-13-17-21-35-65-107-97-75-85(99(109-67-37-23-19-15-11-7-3)73-83(97)55-49-77-45-51-81(52-46-77)87-69-93(89-41-27-31-61-101-89)105-94(70-87)90-42-28-32-62-102-90)59-57-79-39-25-26-40-80(79)58-60-86-76-98(108-66-36-22-18-14-10-6-2)84(74-100(86)110-68-38-24-20-16-12-8-4)56-50-78-47-53-82(54-48-78)88-71-95(91-43-29-33-63-103-91)106-96(72-88)92-44-30-34-64-104-92/h25-34,39-48,51-54,57-64,69-76H,5-24,35-38,65-68H2,1-4H3/b59-57+,60-58+. The maximum Gasteiger partial charge on any atom is 0.135 e. The van der Waals surface area contributed by atoms with Crippen molar-refractivity contribution in [2.75, 3.05) is 26.4 Å². The van der Waals surface area contributed by atoms with Gasteiger partial charge in [0.15, 0.2) is 0 Å². The van der Waals surface area contributed by atoms with Crippen molar-refractivity contribution >= 4 is 24.3 Å². The van der Waals surface area contributed by atoms with E-state index in [0.717, 1.165) is 187 Å². The molecule has 0 N–H and O–H groups in total. The molecule has 0 bridgehead atoms. The van der Waals surface area contributed by atoms with Gasteiger partial charge in [-0.1, -0.05) is 277 Å². The lowest BCUT2D eigenvalue weighted by atomic mass is 10.0. The van der Waals surface area contributed by atoms with Gasteiger partial charge in [-0.15, -0.1) is 0 Å². The SMILES string of the molecule is CCCCCCCCOc1cc(/C=C/c2ccccc2/C=C/c2cc(OCCCCCCCC)c(C#Cc3ccc(-c4cc(-c5ccccn5)nc(-c5ccccn5)c4)cc3)cc2OCCCCCCCC)c(OCCCCCCCC)cc1C#Cc1ccc(-c2cc(-c3ccccn3)nc(-c3ccccn3)c2)cc1.